The quantitative estimate of drug-likeness (QED) is 0.522. The molecule has 1 unspecified atom stereocenters. The lowest BCUT2D eigenvalue weighted by Gasteiger charge is -2.08. The lowest BCUT2D eigenvalue weighted by molar-refractivity contribution is 0.782. The maximum atomic E-state index is 3.80. The van der Waals surface area contributed by atoms with Crippen LogP contribution in [-0.2, 0) is 6.42 Å². The van der Waals surface area contributed by atoms with Gasteiger partial charge in [-0.25, -0.2) is 0 Å². The number of aryl methyl sites for hydroxylation is 1. The second-order valence-electron chi connectivity index (χ2n) is 5.35. The SMILES string of the molecule is C=CCC(C)c1ccc(C#Cc2ccc(CC)cc2)cc1. The van der Waals surface area contributed by atoms with Gasteiger partial charge >= 0.3 is 0 Å². The average Bonchev–Trinajstić information content (AvgIpc) is 2.54. The van der Waals surface area contributed by atoms with E-state index in [0.29, 0.717) is 5.92 Å². The Kier molecular flexibility index (Phi) is 5.41. The van der Waals surface area contributed by atoms with Crippen LogP contribution in [0.25, 0.3) is 0 Å². The van der Waals surface area contributed by atoms with Gasteiger partial charge in [-0.1, -0.05) is 56.0 Å². The standard InChI is InChI=1S/C21H22/c1-4-6-17(3)21-15-13-20(14-16-21)12-11-19-9-7-18(5-2)8-10-19/h4,7-10,13-17H,1,5-6H2,2-3H3. The normalized spacial score (nSPS) is 11.3. The summed E-state index contributed by atoms with van der Waals surface area (Å²) in [5.41, 5.74) is 4.81. The molecule has 1 atom stereocenters. The first kappa shape index (κ1) is 15.1. The zero-order valence-electron chi connectivity index (χ0n) is 12.9. The molecule has 0 aliphatic heterocycles. The van der Waals surface area contributed by atoms with Crippen molar-refractivity contribution < 1.29 is 0 Å². The Hall–Kier alpha value is -2.26. The topological polar surface area (TPSA) is 0 Å². The Morgan fingerprint density at radius 3 is 1.95 bits per heavy atom. The van der Waals surface area contributed by atoms with Gasteiger partial charge in [-0.3, -0.25) is 0 Å². The second kappa shape index (κ2) is 7.50. The first-order valence-corrected chi connectivity index (χ1v) is 7.54. The zero-order chi connectivity index (χ0) is 15.1. The fourth-order valence-electron chi connectivity index (χ4n) is 2.25. The van der Waals surface area contributed by atoms with E-state index < -0.39 is 0 Å². The number of rotatable bonds is 4. The predicted octanol–water partition coefficient (Wildman–Crippen LogP) is 5.33. The van der Waals surface area contributed by atoms with Crippen molar-refractivity contribution in [1.29, 1.82) is 0 Å². The van der Waals surface area contributed by atoms with Crippen LogP contribution >= 0.6 is 0 Å². The molecule has 0 aliphatic rings. The number of hydrogen-bond donors (Lipinski definition) is 0. The minimum Gasteiger partial charge on any atom is -0.103 e. The Balaban J connectivity index is 2.09. The third-order valence-corrected chi connectivity index (χ3v) is 3.71. The van der Waals surface area contributed by atoms with Crippen LogP contribution in [0.15, 0.2) is 61.2 Å². The molecule has 0 N–H and O–H groups in total. The van der Waals surface area contributed by atoms with Crippen molar-refractivity contribution in [2.45, 2.75) is 32.6 Å². The lowest BCUT2D eigenvalue weighted by Crippen LogP contribution is -1.91. The fraction of sp³-hybridized carbons (Fsp3) is 0.238. The van der Waals surface area contributed by atoms with E-state index in [0.717, 1.165) is 24.0 Å². The van der Waals surface area contributed by atoms with E-state index in [1.807, 2.05) is 6.08 Å². The van der Waals surface area contributed by atoms with Gasteiger partial charge in [0.25, 0.3) is 0 Å². The molecule has 106 valence electrons. The number of benzene rings is 2. The van der Waals surface area contributed by atoms with Crippen molar-refractivity contribution in [1.82, 2.24) is 0 Å². The molecule has 0 spiro atoms. The van der Waals surface area contributed by atoms with Crippen LogP contribution in [0.2, 0.25) is 0 Å². The van der Waals surface area contributed by atoms with Crippen LogP contribution in [0.1, 0.15) is 48.4 Å². The molecule has 0 bridgehead atoms. The molecule has 0 radical (unpaired) electrons. The largest absolute Gasteiger partial charge is 0.103 e. The fourth-order valence-corrected chi connectivity index (χ4v) is 2.25. The predicted molar refractivity (Wildman–Crippen MR) is 91.5 cm³/mol. The molecular formula is C21H22. The molecular weight excluding hydrogens is 252 g/mol. The maximum absolute atomic E-state index is 3.80. The van der Waals surface area contributed by atoms with Gasteiger partial charge < -0.3 is 0 Å². The molecule has 2 aromatic carbocycles. The van der Waals surface area contributed by atoms with Gasteiger partial charge in [0.1, 0.15) is 0 Å². The van der Waals surface area contributed by atoms with Gasteiger partial charge in [0.2, 0.25) is 0 Å². The third-order valence-electron chi connectivity index (χ3n) is 3.71. The van der Waals surface area contributed by atoms with Crippen molar-refractivity contribution in [3.05, 3.63) is 83.4 Å². The van der Waals surface area contributed by atoms with Gasteiger partial charge in [-0.2, -0.15) is 0 Å². The van der Waals surface area contributed by atoms with Gasteiger partial charge in [0.05, 0.1) is 0 Å². The van der Waals surface area contributed by atoms with Crippen LogP contribution in [-0.4, -0.2) is 0 Å². The average molecular weight is 274 g/mol. The highest BCUT2D eigenvalue weighted by Crippen LogP contribution is 2.19. The maximum Gasteiger partial charge on any atom is 0.0249 e. The molecule has 0 amide bonds. The van der Waals surface area contributed by atoms with E-state index in [9.17, 15) is 0 Å². The Bertz CT molecular complexity index is 633. The third kappa shape index (κ3) is 4.36. The summed E-state index contributed by atoms with van der Waals surface area (Å²) in [6.45, 7) is 8.18. The monoisotopic (exact) mass is 274 g/mol. The minimum absolute atomic E-state index is 0.520. The van der Waals surface area contributed by atoms with Crippen LogP contribution in [0.4, 0.5) is 0 Å². The smallest absolute Gasteiger partial charge is 0.0249 e. The van der Waals surface area contributed by atoms with Crippen LogP contribution in [0.3, 0.4) is 0 Å². The summed E-state index contributed by atoms with van der Waals surface area (Å²) in [7, 11) is 0. The molecule has 2 aromatic rings. The highest BCUT2D eigenvalue weighted by atomic mass is 14.1. The van der Waals surface area contributed by atoms with Crippen LogP contribution in [0, 0.1) is 11.8 Å². The molecule has 0 heterocycles. The molecule has 0 heteroatoms. The number of allylic oxidation sites excluding steroid dienone is 1. The van der Waals surface area contributed by atoms with Crippen molar-refractivity contribution in [3.63, 3.8) is 0 Å². The summed E-state index contributed by atoms with van der Waals surface area (Å²) in [5, 5.41) is 0. The summed E-state index contributed by atoms with van der Waals surface area (Å²) >= 11 is 0. The second-order valence-corrected chi connectivity index (χ2v) is 5.35. The molecule has 0 nitrogen and oxygen atoms in total. The minimum atomic E-state index is 0.520. The summed E-state index contributed by atoms with van der Waals surface area (Å²) in [6, 6.07) is 17.0. The van der Waals surface area contributed by atoms with Gasteiger partial charge in [0, 0.05) is 11.1 Å². The van der Waals surface area contributed by atoms with Crippen molar-refractivity contribution >= 4 is 0 Å². The summed E-state index contributed by atoms with van der Waals surface area (Å²) in [6.07, 6.45) is 4.05. The highest BCUT2D eigenvalue weighted by molar-refractivity contribution is 5.44. The number of hydrogen-bond acceptors (Lipinski definition) is 0. The van der Waals surface area contributed by atoms with E-state index in [1.54, 1.807) is 0 Å². The molecule has 0 saturated heterocycles. The summed E-state index contributed by atoms with van der Waals surface area (Å²) in [4.78, 5) is 0. The summed E-state index contributed by atoms with van der Waals surface area (Å²) < 4.78 is 0. The Morgan fingerprint density at radius 2 is 1.48 bits per heavy atom. The first-order chi connectivity index (χ1) is 10.2. The molecule has 0 aliphatic carbocycles. The van der Waals surface area contributed by atoms with Gasteiger partial charge in [-0.15, -0.1) is 6.58 Å². The zero-order valence-corrected chi connectivity index (χ0v) is 12.9. The molecule has 0 fully saturated rings. The Morgan fingerprint density at radius 1 is 0.952 bits per heavy atom. The Labute approximate surface area is 128 Å². The lowest BCUT2D eigenvalue weighted by atomic mass is 9.97. The van der Waals surface area contributed by atoms with Crippen LogP contribution in [0.5, 0.6) is 0 Å². The van der Waals surface area contributed by atoms with Crippen molar-refractivity contribution in [3.8, 4) is 11.8 Å². The van der Waals surface area contributed by atoms with E-state index >= 15 is 0 Å². The molecule has 0 saturated carbocycles. The van der Waals surface area contributed by atoms with Crippen molar-refractivity contribution in [2.24, 2.45) is 0 Å². The summed E-state index contributed by atoms with van der Waals surface area (Å²) in [5.74, 6) is 6.97. The van der Waals surface area contributed by atoms with E-state index in [2.05, 4.69) is 80.8 Å². The van der Waals surface area contributed by atoms with Crippen molar-refractivity contribution in [2.75, 3.05) is 0 Å². The molecule has 0 aromatic heterocycles. The van der Waals surface area contributed by atoms with Gasteiger partial charge in [0.15, 0.2) is 0 Å². The molecule has 2 rings (SSSR count). The van der Waals surface area contributed by atoms with Gasteiger partial charge in [-0.05, 0) is 54.2 Å². The first-order valence-electron chi connectivity index (χ1n) is 7.54. The van der Waals surface area contributed by atoms with E-state index in [-0.39, 0.29) is 0 Å². The van der Waals surface area contributed by atoms with Crippen LogP contribution < -0.4 is 0 Å². The van der Waals surface area contributed by atoms with E-state index in [1.165, 1.54) is 11.1 Å². The highest BCUT2D eigenvalue weighted by Gasteiger charge is 2.02. The molecule has 21 heavy (non-hydrogen) atoms. The van der Waals surface area contributed by atoms with E-state index in [4.69, 9.17) is 0 Å².